The quantitative estimate of drug-likeness (QED) is 0.636. The molecule has 1 amide bonds. The smallest absolute Gasteiger partial charge is 0.255 e. The molecule has 0 unspecified atom stereocenters. The molecule has 0 spiro atoms. The van der Waals surface area contributed by atoms with Crippen LogP contribution in [0.1, 0.15) is 36.0 Å². The minimum Gasteiger partial charge on any atom is -0.490 e. The lowest BCUT2D eigenvalue weighted by molar-refractivity contribution is 0.102. The van der Waals surface area contributed by atoms with Crippen molar-refractivity contribution in [2.45, 2.75) is 31.8 Å². The first kappa shape index (κ1) is 17.7. The van der Waals surface area contributed by atoms with Gasteiger partial charge in [0, 0.05) is 15.6 Å². The topological polar surface area (TPSA) is 92.8 Å². The number of amides is 1. The largest absolute Gasteiger partial charge is 0.490 e. The number of halogens is 1. The van der Waals surface area contributed by atoms with E-state index in [0.29, 0.717) is 22.6 Å². The van der Waals surface area contributed by atoms with Crippen LogP contribution in [0.2, 0.25) is 0 Å². The first-order chi connectivity index (χ1) is 13.2. The number of anilines is 1. The number of carbonyl (C=O) groups is 1. The van der Waals surface area contributed by atoms with Crippen LogP contribution in [0.3, 0.4) is 0 Å². The van der Waals surface area contributed by atoms with Crippen LogP contribution in [0.4, 0.5) is 5.69 Å². The molecule has 1 heterocycles. The second-order valence-electron chi connectivity index (χ2n) is 6.43. The van der Waals surface area contributed by atoms with Gasteiger partial charge in [0.2, 0.25) is 5.82 Å². The Labute approximate surface area is 164 Å². The molecule has 0 aliphatic heterocycles. The van der Waals surface area contributed by atoms with E-state index in [-0.39, 0.29) is 12.0 Å². The maximum absolute atomic E-state index is 12.8. The number of aromatic nitrogens is 4. The standard InChI is InChI=1S/C19H18BrN5O2/c20-13-8-9-17(16(11-13)18-22-24-25-23-18)21-19(26)12-4-3-7-15(10-12)27-14-5-1-2-6-14/h3-4,7-11,14H,1-2,5-6H2,(H,21,26)(H,22,23,24,25). The van der Waals surface area contributed by atoms with E-state index in [0.717, 1.165) is 23.1 Å². The monoisotopic (exact) mass is 427 g/mol. The number of hydrogen-bond acceptors (Lipinski definition) is 5. The molecule has 3 aromatic rings. The number of rotatable bonds is 5. The Morgan fingerprint density at radius 3 is 2.81 bits per heavy atom. The van der Waals surface area contributed by atoms with Gasteiger partial charge in [-0.1, -0.05) is 22.0 Å². The fraction of sp³-hybridized carbons (Fsp3) is 0.263. The molecule has 0 atom stereocenters. The molecule has 0 bridgehead atoms. The van der Waals surface area contributed by atoms with Gasteiger partial charge in [-0.2, -0.15) is 5.21 Å². The molecule has 7 nitrogen and oxygen atoms in total. The Hall–Kier alpha value is -2.74. The van der Waals surface area contributed by atoms with Crippen molar-refractivity contribution in [2.24, 2.45) is 0 Å². The second kappa shape index (κ2) is 7.87. The SMILES string of the molecule is O=C(Nc1ccc(Br)cc1-c1nn[nH]n1)c1cccc(OC2CCCC2)c1. The maximum Gasteiger partial charge on any atom is 0.255 e. The summed E-state index contributed by atoms with van der Waals surface area (Å²) in [7, 11) is 0. The van der Waals surface area contributed by atoms with Gasteiger partial charge in [0.05, 0.1) is 11.8 Å². The molecule has 2 aromatic carbocycles. The molecule has 1 aliphatic carbocycles. The van der Waals surface area contributed by atoms with Gasteiger partial charge in [-0.25, -0.2) is 0 Å². The van der Waals surface area contributed by atoms with E-state index in [1.54, 1.807) is 18.2 Å². The van der Waals surface area contributed by atoms with Crippen LogP contribution in [-0.2, 0) is 0 Å². The molecule has 0 saturated heterocycles. The highest BCUT2D eigenvalue weighted by Gasteiger charge is 2.18. The molecule has 8 heteroatoms. The van der Waals surface area contributed by atoms with Crippen molar-refractivity contribution in [3.63, 3.8) is 0 Å². The zero-order valence-corrected chi connectivity index (χ0v) is 16.1. The van der Waals surface area contributed by atoms with Crippen LogP contribution in [0.15, 0.2) is 46.9 Å². The summed E-state index contributed by atoms with van der Waals surface area (Å²) in [6.45, 7) is 0. The lowest BCUT2D eigenvalue weighted by Gasteiger charge is -2.14. The number of H-pyrrole nitrogens is 1. The van der Waals surface area contributed by atoms with Gasteiger partial charge in [0.25, 0.3) is 5.91 Å². The highest BCUT2D eigenvalue weighted by Crippen LogP contribution is 2.29. The van der Waals surface area contributed by atoms with Gasteiger partial charge in [-0.05, 0) is 67.3 Å². The number of nitrogens with zero attached hydrogens (tertiary/aromatic N) is 3. The molecule has 4 rings (SSSR count). The Balaban J connectivity index is 1.54. The first-order valence-electron chi connectivity index (χ1n) is 8.80. The normalized spacial score (nSPS) is 14.3. The summed E-state index contributed by atoms with van der Waals surface area (Å²) in [6, 6.07) is 12.7. The first-order valence-corrected chi connectivity index (χ1v) is 9.60. The molecule has 1 aromatic heterocycles. The molecular weight excluding hydrogens is 410 g/mol. The third-order valence-electron chi connectivity index (χ3n) is 4.52. The van der Waals surface area contributed by atoms with Gasteiger partial charge in [-0.3, -0.25) is 4.79 Å². The molecule has 2 N–H and O–H groups in total. The highest BCUT2D eigenvalue weighted by molar-refractivity contribution is 9.10. The number of ether oxygens (including phenoxy) is 1. The summed E-state index contributed by atoms with van der Waals surface area (Å²) in [5, 5.41) is 16.9. The molecule has 1 aliphatic rings. The van der Waals surface area contributed by atoms with E-state index in [4.69, 9.17) is 4.74 Å². The predicted octanol–water partition coefficient (Wildman–Crippen LogP) is 4.20. The molecule has 1 fully saturated rings. The fourth-order valence-corrected chi connectivity index (χ4v) is 3.55. The van der Waals surface area contributed by atoms with Gasteiger partial charge in [0.1, 0.15) is 5.75 Å². The molecule has 27 heavy (non-hydrogen) atoms. The van der Waals surface area contributed by atoms with Crippen molar-refractivity contribution >= 4 is 27.5 Å². The number of nitrogens with one attached hydrogen (secondary N) is 2. The average Bonchev–Trinajstić information content (AvgIpc) is 3.37. The van der Waals surface area contributed by atoms with Crippen LogP contribution >= 0.6 is 15.9 Å². The summed E-state index contributed by atoms with van der Waals surface area (Å²) in [6.07, 6.45) is 4.80. The van der Waals surface area contributed by atoms with E-state index in [9.17, 15) is 4.79 Å². The summed E-state index contributed by atoms with van der Waals surface area (Å²) >= 11 is 3.43. The lowest BCUT2D eigenvalue weighted by Crippen LogP contribution is -2.14. The lowest BCUT2D eigenvalue weighted by atomic mass is 10.1. The van der Waals surface area contributed by atoms with E-state index in [1.165, 1.54) is 12.8 Å². The third-order valence-corrected chi connectivity index (χ3v) is 5.01. The van der Waals surface area contributed by atoms with E-state index < -0.39 is 0 Å². The van der Waals surface area contributed by atoms with Gasteiger partial charge < -0.3 is 10.1 Å². The molecule has 1 saturated carbocycles. The van der Waals surface area contributed by atoms with Crippen molar-refractivity contribution in [1.29, 1.82) is 0 Å². The molecule has 138 valence electrons. The number of benzene rings is 2. The molecular formula is C19H18BrN5O2. The van der Waals surface area contributed by atoms with Crippen LogP contribution in [0.5, 0.6) is 5.75 Å². The fourth-order valence-electron chi connectivity index (χ4n) is 3.19. The van der Waals surface area contributed by atoms with E-state index in [2.05, 4.69) is 41.9 Å². The number of tetrazole rings is 1. The Morgan fingerprint density at radius 1 is 1.19 bits per heavy atom. The summed E-state index contributed by atoms with van der Waals surface area (Å²) < 4.78 is 6.85. The van der Waals surface area contributed by atoms with Crippen molar-refractivity contribution < 1.29 is 9.53 Å². The summed E-state index contributed by atoms with van der Waals surface area (Å²) in [4.78, 5) is 12.8. The van der Waals surface area contributed by atoms with Crippen molar-refractivity contribution in [1.82, 2.24) is 20.6 Å². The maximum atomic E-state index is 12.8. The minimum atomic E-state index is -0.223. The second-order valence-corrected chi connectivity index (χ2v) is 7.35. The van der Waals surface area contributed by atoms with Crippen molar-refractivity contribution in [3.8, 4) is 17.1 Å². The van der Waals surface area contributed by atoms with Crippen LogP contribution in [-0.4, -0.2) is 32.6 Å². The summed E-state index contributed by atoms with van der Waals surface area (Å²) in [5.41, 5.74) is 1.81. The minimum absolute atomic E-state index is 0.223. The zero-order chi connectivity index (χ0) is 18.6. The van der Waals surface area contributed by atoms with Crippen LogP contribution in [0.25, 0.3) is 11.4 Å². The predicted molar refractivity (Wildman–Crippen MR) is 105 cm³/mol. The van der Waals surface area contributed by atoms with Crippen LogP contribution in [0, 0.1) is 0 Å². The average molecular weight is 428 g/mol. The Bertz CT molecular complexity index is 939. The van der Waals surface area contributed by atoms with Gasteiger partial charge in [0.15, 0.2) is 0 Å². The Kier molecular flexibility index (Phi) is 5.15. The number of aromatic amines is 1. The third kappa shape index (κ3) is 4.16. The van der Waals surface area contributed by atoms with Crippen LogP contribution < -0.4 is 10.1 Å². The van der Waals surface area contributed by atoms with Gasteiger partial charge >= 0.3 is 0 Å². The molecule has 0 radical (unpaired) electrons. The Morgan fingerprint density at radius 2 is 2.04 bits per heavy atom. The highest BCUT2D eigenvalue weighted by atomic mass is 79.9. The zero-order valence-electron chi connectivity index (χ0n) is 14.5. The number of carbonyl (C=O) groups excluding carboxylic acids is 1. The van der Waals surface area contributed by atoms with E-state index in [1.807, 2.05) is 24.3 Å². The number of hydrogen-bond donors (Lipinski definition) is 2. The van der Waals surface area contributed by atoms with Crippen molar-refractivity contribution in [3.05, 3.63) is 52.5 Å². The van der Waals surface area contributed by atoms with E-state index >= 15 is 0 Å². The summed E-state index contributed by atoms with van der Waals surface area (Å²) in [5.74, 6) is 0.910. The van der Waals surface area contributed by atoms with Crippen molar-refractivity contribution in [2.75, 3.05) is 5.32 Å². The van der Waals surface area contributed by atoms with Gasteiger partial charge in [-0.15, -0.1) is 10.2 Å².